The predicted octanol–water partition coefficient (Wildman–Crippen LogP) is 2.59. The zero-order valence-electron chi connectivity index (χ0n) is 10.1. The van der Waals surface area contributed by atoms with E-state index in [1.54, 1.807) is 17.9 Å². The highest BCUT2D eigenvalue weighted by Crippen LogP contribution is 2.46. The Morgan fingerprint density at radius 2 is 2.22 bits per heavy atom. The summed E-state index contributed by atoms with van der Waals surface area (Å²) in [6.45, 7) is 4.07. The zero-order valence-corrected chi connectivity index (χ0v) is 11.6. The van der Waals surface area contributed by atoms with Crippen molar-refractivity contribution in [3.63, 3.8) is 0 Å². The molecule has 1 amide bonds. The van der Waals surface area contributed by atoms with Gasteiger partial charge in [0.2, 0.25) is 5.91 Å². The number of rotatable bonds is 0. The Morgan fingerprint density at radius 3 is 2.94 bits per heavy atom. The van der Waals surface area contributed by atoms with Gasteiger partial charge in [0.25, 0.3) is 0 Å². The predicted molar refractivity (Wildman–Crippen MR) is 73.8 cm³/mol. The number of nitrogens with zero attached hydrogens (tertiary/aromatic N) is 1. The summed E-state index contributed by atoms with van der Waals surface area (Å²) in [6.07, 6.45) is 0.889. The number of carbonyl (C=O) groups excluding carboxylic acids is 1. The summed E-state index contributed by atoms with van der Waals surface area (Å²) in [5, 5.41) is 4.70. The molecule has 2 heterocycles. The van der Waals surface area contributed by atoms with Crippen LogP contribution in [0.3, 0.4) is 0 Å². The van der Waals surface area contributed by atoms with Gasteiger partial charge < -0.3 is 10.2 Å². The molecule has 0 aliphatic carbocycles. The molecule has 0 saturated heterocycles. The van der Waals surface area contributed by atoms with Crippen molar-refractivity contribution in [3.8, 4) is 0 Å². The van der Waals surface area contributed by atoms with Crippen LogP contribution in [0.25, 0.3) is 0 Å². The first-order valence-corrected chi connectivity index (χ1v) is 6.84. The minimum Gasteiger partial charge on any atom is -0.316 e. The molecule has 0 saturated carbocycles. The maximum absolute atomic E-state index is 11.7. The summed E-state index contributed by atoms with van der Waals surface area (Å²) in [4.78, 5) is 13.5. The van der Waals surface area contributed by atoms with Gasteiger partial charge in [0, 0.05) is 31.0 Å². The van der Waals surface area contributed by atoms with Crippen molar-refractivity contribution < 1.29 is 4.79 Å². The van der Waals surface area contributed by atoms with E-state index in [4.69, 9.17) is 23.2 Å². The molecule has 5 heteroatoms. The second kappa shape index (κ2) is 4.41. The van der Waals surface area contributed by atoms with Crippen molar-refractivity contribution in [1.82, 2.24) is 5.32 Å². The Hall–Kier alpha value is -0.770. The van der Waals surface area contributed by atoms with Gasteiger partial charge in [0.05, 0.1) is 10.7 Å². The van der Waals surface area contributed by atoms with Gasteiger partial charge >= 0.3 is 0 Å². The smallest absolute Gasteiger partial charge is 0.223 e. The van der Waals surface area contributed by atoms with Gasteiger partial charge in [0.15, 0.2) is 0 Å². The normalized spacial score (nSPS) is 21.7. The van der Waals surface area contributed by atoms with E-state index in [2.05, 4.69) is 5.32 Å². The third-order valence-electron chi connectivity index (χ3n) is 3.75. The quantitative estimate of drug-likeness (QED) is 0.794. The Balaban J connectivity index is 2.25. The standard InChI is InChI=1S/C13H14Cl2N2O/c1-7(18)17-6-8-5-16-3-2-9-10(14)4-11(15)13(17)12(8)9/h4,8,16H,2-3,5-6H2,1H3. The van der Waals surface area contributed by atoms with Gasteiger partial charge in [-0.25, -0.2) is 0 Å². The van der Waals surface area contributed by atoms with E-state index >= 15 is 0 Å². The third-order valence-corrected chi connectivity index (χ3v) is 4.38. The summed E-state index contributed by atoms with van der Waals surface area (Å²) in [7, 11) is 0. The molecule has 0 fully saturated rings. The van der Waals surface area contributed by atoms with E-state index < -0.39 is 0 Å². The second-order valence-electron chi connectivity index (χ2n) is 4.86. The van der Waals surface area contributed by atoms with Crippen LogP contribution in [0.5, 0.6) is 0 Å². The Bertz CT molecular complexity index is 530. The molecule has 1 N–H and O–H groups in total. The lowest BCUT2D eigenvalue weighted by molar-refractivity contribution is -0.116. The molecule has 96 valence electrons. The van der Waals surface area contributed by atoms with E-state index in [1.165, 1.54) is 5.56 Å². The van der Waals surface area contributed by atoms with Crippen molar-refractivity contribution in [2.24, 2.45) is 0 Å². The molecule has 1 aromatic rings. The van der Waals surface area contributed by atoms with Crippen molar-refractivity contribution in [1.29, 1.82) is 0 Å². The van der Waals surface area contributed by atoms with Crippen molar-refractivity contribution >= 4 is 34.8 Å². The van der Waals surface area contributed by atoms with Gasteiger partial charge in [-0.05, 0) is 30.2 Å². The fraction of sp³-hybridized carbons (Fsp3) is 0.462. The van der Waals surface area contributed by atoms with Crippen LogP contribution in [-0.2, 0) is 11.2 Å². The molecule has 1 unspecified atom stereocenters. The molecule has 0 radical (unpaired) electrons. The van der Waals surface area contributed by atoms with Crippen LogP contribution < -0.4 is 10.2 Å². The molecule has 2 aliphatic heterocycles. The van der Waals surface area contributed by atoms with Crippen molar-refractivity contribution in [2.45, 2.75) is 19.3 Å². The summed E-state index contributed by atoms with van der Waals surface area (Å²) >= 11 is 12.6. The first-order chi connectivity index (χ1) is 8.59. The van der Waals surface area contributed by atoms with Crippen molar-refractivity contribution in [3.05, 3.63) is 27.2 Å². The maximum atomic E-state index is 11.7. The minimum atomic E-state index is 0.0366. The highest BCUT2D eigenvalue weighted by Gasteiger charge is 2.36. The van der Waals surface area contributed by atoms with Gasteiger partial charge in [-0.15, -0.1) is 0 Å². The van der Waals surface area contributed by atoms with Gasteiger partial charge in [0.1, 0.15) is 0 Å². The summed E-state index contributed by atoms with van der Waals surface area (Å²) in [5.41, 5.74) is 3.19. The average Bonchev–Trinajstić information content (AvgIpc) is 2.56. The Kier molecular flexibility index (Phi) is 3.00. The number of nitrogens with one attached hydrogen (secondary N) is 1. The second-order valence-corrected chi connectivity index (χ2v) is 5.68. The highest BCUT2D eigenvalue weighted by atomic mass is 35.5. The summed E-state index contributed by atoms with van der Waals surface area (Å²) in [5.74, 6) is 0.340. The molecular formula is C13H14Cl2N2O. The van der Waals surface area contributed by atoms with E-state index in [9.17, 15) is 4.79 Å². The van der Waals surface area contributed by atoms with Gasteiger partial charge in [-0.2, -0.15) is 0 Å². The number of amides is 1. The molecule has 3 nitrogen and oxygen atoms in total. The molecule has 2 aliphatic rings. The number of halogens is 2. The molecule has 0 bridgehead atoms. The average molecular weight is 285 g/mol. The van der Waals surface area contributed by atoms with Crippen LogP contribution in [0, 0.1) is 0 Å². The SMILES string of the molecule is CC(=O)N1CC2CNCCc3c(Cl)cc(Cl)c1c32. The molecule has 0 spiro atoms. The number of hydrogen-bond acceptors (Lipinski definition) is 2. The van der Waals surface area contributed by atoms with Crippen LogP contribution in [0.1, 0.15) is 24.0 Å². The Morgan fingerprint density at radius 1 is 1.44 bits per heavy atom. The molecule has 0 aromatic heterocycles. The van der Waals surface area contributed by atoms with Gasteiger partial charge in [-0.3, -0.25) is 4.79 Å². The van der Waals surface area contributed by atoms with E-state index in [0.29, 0.717) is 17.5 Å². The summed E-state index contributed by atoms with van der Waals surface area (Å²) in [6, 6.07) is 1.76. The molecular weight excluding hydrogens is 271 g/mol. The number of carbonyl (C=O) groups is 1. The summed E-state index contributed by atoms with van der Waals surface area (Å²) < 4.78 is 0. The molecule has 1 aromatic carbocycles. The fourth-order valence-corrected chi connectivity index (χ4v) is 3.65. The van der Waals surface area contributed by atoms with E-state index in [0.717, 1.165) is 35.8 Å². The van der Waals surface area contributed by atoms with E-state index in [1.807, 2.05) is 0 Å². The largest absolute Gasteiger partial charge is 0.316 e. The van der Waals surface area contributed by atoms with E-state index in [-0.39, 0.29) is 5.91 Å². The fourth-order valence-electron chi connectivity index (χ4n) is 2.98. The Labute approximate surface area is 116 Å². The molecule has 1 atom stereocenters. The zero-order chi connectivity index (χ0) is 12.9. The monoisotopic (exact) mass is 284 g/mol. The molecule has 18 heavy (non-hydrogen) atoms. The van der Waals surface area contributed by atoms with Crippen LogP contribution in [0.2, 0.25) is 10.0 Å². The number of benzene rings is 1. The van der Waals surface area contributed by atoms with Crippen LogP contribution >= 0.6 is 23.2 Å². The lowest BCUT2D eigenvalue weighted by Crippen LogP contribution is -2.30. The first kappa shape index (κ1) is 12.3. The minimum absolute atomic E-state index is 0.0366. The first-order valence-electron chi connectivity index (χ1n) is 6.09. The van der Waals surface area contributed by atoms with Crippen LogP contribution in [0.4, 0.5) is 5.69 Å². The maximum Gasteiger partial charge on any atom is 0.223 e. The van der Waals surface area contributed by atoms with Crippen molar-refractivity contribution in [2.75, 3.05) is 24.5 Å². The highest BCUT2D eigenvalue weighted by molar-refractivity contribution is 6.37. The topological polar surface area (TPSA) is 32.3 Å². The van der Waals surface area contributed by atoms with Gasteiger partial charge in [-0.1, -0.05) is 23.2 Å². The number of hydrogen-bond donors (Lipinski definition) is 1. The van der Waals surface area contributed by atoms with Crippen LogP contribution in [-0.4, -0.2) is 25.5 Å². The third kappa shape index (κ3) is 1.73. The molecule has 3 rings (SSSR count). The van der Waals surface area contributed by atoms with Crippen LogP contribution in [0.15, 0.2) is 6.07 Å². The number of anilines is 1. The lowest BCUT2D eigenvalue weighted by atomic mass is 9.95. The lowest BCUT2D eigenvalue weighted by Gasteiger charge is -2.18.